The molecular formula is C18H18O2S. The summed E-state index contributed by atoms with van der Waals surface area (Å²) in [6, 6.07) is 14.9. The summed E-state index contributed by atoms with van der Waals surface area (Å²) in [5, 5.41) is 0. The molecule has 2 aromatic rings. The van der Waals surface area contributed by atoms with E-state index in [0.29, 0.717) is 5.41 Å². The molecule has 0 radical (unpaired) electrons. The number of ether oxygens (including phenoxy) is 2. The Bertz CT molecular complexity index is 662. The molecule has 0 unspecified atom stereocenters. The van der Waals surface area contributed by atoms with Gasteiger partial charge in [-0.25, -0.2) is 0 Å². The van der Waals surface area contributed by atoms with E-state index in [2.05, 4.69) is 42.5 Å². The lowest BCUT2D eigenvalue weighted by molar-refractivity contribution is 0.321. The van der Waals surface area contributed by atoms with Crippen molar-refractivity contribution in [1.29, 1.82) is 0 Å². The number of hydrogen-bond acceptors (Lipinski definition) is 3. The quantitative estimate of drug-likeness (QED) is 0.779. The van der Waals surface area contributed by atoms with E-state index >= 15 is 0 Å². The Labute approximate surface area is 129 Å². The van der Waals surface area contributed by atoms with Crippen molar-refractivity contribution in [2.45, 2.75) is 28.9 Å². The zero-order valence-corrected chi connectivity index (χ0v) is 12.9. The van der Waals surface area contributed by atoms with Gasteiger partial charge in [-0.05, 0) is 24.5 Å². The van der Waals surface area contributed by atoms with E-state index in [1.807, 2.05) is 11.8 Å². The monoisotopic (exact) mass is 298 g/mol. The highest BCUT2D eigenvalue weighted by molar-refractivity contribution is 7.98. The first-order valence-electron chi connectivity index (χ1n) is 7.33. The highest BCUT2D eigenvalue weighted by atomic mass is 32.2. The predicted octanol–water partition coefficient (Wildman–Crippen LogP) is 4.41. The number of methoxy groups -OCH3 is 1. The molecule has 0 atom stereocenters. The number of rotatable bonds is 4. The standard InChI is InChI=1S/C18H18O2S/c1-19-16-10-15-14(18(7-8-18)12-20-15)9-17(16)21-11-13-5-3-2-4-6-13/h2-6,9-10H,7-8,11-12H2,1H3. The van der Waals surface area contributed by atoms with E-state index in [1.165, 1.54) is 28.9 Å². The zero-order valence-electron chi connectivity index (χ0n) is 12.1. The van der Waals surface area contributed by atoms with Gasteiger partial charge in [-0.2, -0.15) is 0 Å². The molecular weight excluding hydrogens is 280 g/mol. The van der Waals surface area contributed by atoms with Crippen LogP contribution in [0, 0.1) is 0 Å². The van der Waals surface area contributed by atoms with Crippen LogP contribution in [-0.4, -0.2) is 13.7 Å². The summed E-state index contributed by atoms with van der Waals surface area (Å²) in [6.07, 6.45) is 2.52. The van der Waals surface area contributed by atoms with Crippen LogP contribution in [0.25, 0.3) is 0 Å². The Hall–Kier alpha value is -1.61. The van der Waals surface area contributed by atoms with Crippen molar-refractivity contribution in [3.8, 4) is 11.5 Å². The molecule has 0 N–H and O–H groups in total. The van der Waals surface area contributed by atoms with Crippen LogP contribution in [-0.2, 0) is 11.2 Å². The van der Waals surface area contributed by atoms with Gasteiger partial charge in [0.1, 0.15) is 11.5 Å². The highest BCUT2D eigenvalue weighted by Gasteiger charge is 2.51. The highest BCUT2D eigenvalue weighted by Crippen LogP contribution is 2.57. The minimum absolute atomic E-state index is 0.323. The van der Waals surface area contributed by atoms with Crippen LogP contribution >= 0.6 is 11.8 Å². The van der Waals surface area contributed by atoms with Gasteiger partial charge in [0.15, 0.2) is 0 Å². The third-order valence-corrected chi connectivity index (χ3v) is 5.54. The molecule has 4 rings (SSSR count). The largest absolute Gasteiger partial charge is 0.495 e. The summed E-state index contributed by atoms with van der Waals surface area (Å²) in [5.41, 5.74) is 3.05. The van der Waals surface area contributed by atoms with Crippen LogP contribution in [0.15, 0.2) is 47.4 Å². The molecule has 1 aliphatic heterocycles. The first-order valence-corrected chi connectivity index (χ1v) is 8.31. The van der Waals surface area contributed by atoms with Crippen LogP contribution in [0.1, 0.15) is 24.0 Å². The SMILES string of the molecule is COc1cc2c(cc1SCc1ccccc1)C1(CC1)CO2. The minimum atomic E-state index is 0.323. The first kappa shape index (κ1) is 13.1. The molecule has 1 spiro atoms. The molecule has 21 heavy (non-hydrogen) atoms. The molecule has 1 fully saturated rings. The summed E-state index contributed by atoms with van der Waals surface area (Å²) < 4.78 is 11.4. The number of thioether (sulfide) groups is 1. The Morgan fingerprint density at radius 3 is 2.71 bits per heavy atom. The van der Waals surface area contributed by atoms with Gasteiger partial charge in [-0.1, -0.05) is 30.3 Å². The molecule has 1 heterocycles. The van der Waals surface area contributed by atoms with Gasteiger partial charge < -0.3 is 9.47 Å². The van der Waals surface area contributed by atoms with E-state index < -0.39 is 0 Å². The summed E-state index contributed by atoms with van der Waals surface area (Å²) >= 11 is 1.84. The molecule has 0 saturated heterocycles. The molecule has 2 aromatic carbocycles. The van der Waals surface area contributed by atoms with Crippen LogP contribution in [0.3, 0.4) is 0 Å². The van der Waals surface area contributed by atoms with Gasteiger partial charge in [0, 0.05) is 22.8 Å². The van der Waals surface area contributed by atoms with Gasteiger partial charge in [-0.15, -0.1) is 11.8 Å². The van der Waals surface area contributed by atoms with Gasteiger partial charge in [0.25, 0.3) is 0 Å². The molecule has 1 aliphatic carbocycles. The van der Waals surface area contributed by atoms with Crippen molar-refractivity contribution in [3.63, 3.8) is 0 Å². The Morgan fingerprint density at radius 2 is 2.00 bits per heavy atom. The topological polar surface area (TPSA) is 18.5 Å². The number of benzene rings is 2. The third kappa shape index (κ3) is 2.30. The van der Waals surface area contributed by atoms with Crippen LogP contribution in [0.2, 0.25) is 0 Å². The van der Waals surface area contributed by atoms with Gasteiger partial charge in [-0.3, -0.25) is 0 Å². The third-order valence-electron chi connectivity index (χ3n) is 4.43. The molecule has 0 amide bonds. The molecule has 2 nitrogen and oxygen atoms in total. The van der Waals surface area contributed by atoms with Crippen LogP contribution < -0.4 is 9.47 Å². The lowest BCUT2D eigenvalue weighted by Gasteiger charge is -2.12. The Morgan fingerprint density at radius 1 is 1.19 bits per heavy atom. The van der Waals surface area contributed by atoms with Crippen molar-refractivity contribution >= 4 is 11.8 Å². The van der Waals surface area contributed by atoms with Gasteiger partial charge in [0.2, 0.25) is 0 Å². The first-order chi connectivity index (χ1) is 10.3. The normalized spacial score (nSPS) is 17.4. The Balaban J connectivity index is 1.62. The lowest BCUT2D eigenvalue weighted by Crippen LogP contribution is -2.07. The van der Waals surface area contributed by atoms with Gasteiger partial charge >= 0.3 is 0 Å². The van der Waals surface area contributed by atoms with E-state index in [1.54, 1.807) is 7.11 Å². The Kier molecular flexibility index (Phi) is 3.11. The summed E-state index contributed by atoms with van der Waals surface area (Å²) in [4.78, 5) is 1.22. The smallest absolute Gasteiger partial charge is 0.136 e. The molecule has 1 saturated carbocycles. The summed E-state index contributed by atoms with van der Waals surface area (Å²) in [6.45, 7) is 0.846. The maximum absolute atomic E-state index is 5.85. The molecule has 0 bridgehead atoms. The van der Waals surface area contributed by atoms with Crippen molar-refractivity contribution in [2.24, 2.45) is 0 Å². The maximum atomic E-state index is 5.85. The van der Waals surface area contributed by atoms with Crippen LogP contribution in [0.4, 0.5) is 0 Å². The van der Waals surface area contributed by atoms with Crippen molar-refractivity contribution in [1.82, 2.24) is 0 Å². The number of hydrogen-bond donors (Lipinski definition) is 0. The van der Waals surface area contributed by atoms with E-state index in [4.69, 9.17) is 9.47 Å². The fourth-order valence-electron chi connectivity index (χ4n) is 2.94. The fraction of sp³-hybridized carbons (Fsp3) is 0.333. The maximum Gasteiger partial charge on any atom is 0.136 e. The molecule has 3 heteroatoms. The second kappa shape index (κ2) is 4.99. The molecule has 108 valence electrons. The number of fused-ring (bicyclic) bond motifs is 2. The average molecular weight is 298 g/mol. The summed E-state index contributed by atoms with van der Waals surface area (Å²) in [7, 11) is 1.73. The van der Waals surface area contributed by atoms with E-state index in [-0.39, 0.29) is 0 Å². The van der Waals surface area contributed by atoms with Crippen molar-refractivity contribution in [2.75, 3.05) is 13.7 Å². The van der Waals surface area contributed by atoms with E-state index in [9.17, 15) is 0 Å². The van der Waals surface area contributed by atoms with Gasteiger partial charge in [0.05, 0.1) is 18.6 Å². The predicted molar refractivity (Wildman–Crippen MR) is 85.4 cm³/mol. The fourth-order valence-corrected chi connectivity index (χ4v) is 3.94. The molecule has 2 aliphatic rings. The second-order valence-electron chi connectivity index (χ2n) is 5.84. The minimum Gasteiger partial charge on any atom is -0.495 e. The van der Waals surface area contributed by atoms with Crippen molar-refractivity contribution in [3.05, 3.63) is 53.6 Å². The van der Waals surface area contributed by atoms with Crippen LogP contribution in [0.5, 0.6) is 11.5 Å². The van der Waals surface area contributed by atoms with Crippen molar-refractivity contribution < 1.29 is 9.47 Å². The zero-order chi connectivity index (χ0) is 14.3. The molecule has 0 aromatic heterocycles. The summed E-state index contributed by atoms with van der Waals surface area (Å²) in [5.74, 6) is 2.91. The van der Waals surface area contributed by atoms with E-state index in [0.717, 1.165) is 23.9 Å². The second-order valence-corrected chi connectivity index (χ2v) is 6.86. The average Bonchev–Trinajstić information content (AvgIpc) is 3.24. The lowest BCUT2D eigenvalue weighted by atomic mass is 9.98.